The Kier molecular flexibility index (Phi) is 4.59. The zero-order valence-electron chi connectivity index (χ0n) is 24.7. The van der Waals surface area contributed by atoms with Crippen LogP contribution in [-0.2, 0) is 14.4 Å². The van der Waals surface area contributed by atoms with Gasteiger partial charge in [-0.05, 0) is 79.1 Å². The number of fused-ring (bicyclic) bond motifs is 7. The Morgan fingerprint density at radius 3 is 2.31 bits per heavy atom. The zero-order chi connectivity index (χ0) is 28.5. The largest absolute Gasteiger partial charge is 0.481 e. The summed E-state index contributed by atoms with van der Waals surface area (Å²) < 4.78 is 18.7. The average Bonchev–Trinajstić information content (AvgIpc) is 2.81. The first-order chi connectivity index (χ1) is 17.3. The number of hydrogen-bond acceptors (Lipinski definition) is 4. The molecule has 5 aliphatic rings. The van der Waals surface area contributed by atoms with E-state index in [1.54, 1.807) is 12.2 Å². The van der Waals surface area contributed by atoms with Crippen LogP contribution in [0.15, 0.2) is 23.3 Å². The zero-order valence-corrected chi connectivity index (χ0v) is 22.7. The van der Waals surface area contributed by atoms with Crippen LogP contribution in [0.3, 0.4) is 0 Å². The molecular formula is C31H41NO4. The van der Waals surface area contributed by atoms with Crippen LogP contribution in [0, 0.1) is 61.6 Å². The van der Waals surface area contributed by atoms with E-state index in [2.05, 4.69) is 26.8 Å². The fourth-order valence-corrected chi connectivity index (χ4v) is 9.49. The first-order valence-electron chi connectivity index (χ1n) is 14.5. The molecule has 0 aromatic rings. The highest BCUT2D eigenvalue weighted by Gasteiger charge is 2.70. The summed E-state index contributed by atoms with van der Waals surface area (Å²) in [5, 5.41) is 20.4. The van der Waals surface area contributed by atoms with Crippen LogP contribution in [0.4, 0.5) is 0 Å². The van der Waals surface area contributed by atoms with E-state index >= 15 is 0 Å². The smallest absolute Gasteiger partial charge is 0.309 e. The van der Waals surface area contributed by atoms with Crippen molar-refractivity contribution in [2.24, 2.45) is 50.2 Å². The number of hydrogen-bond donors (Lipinski definition) is 1. The molecule has 3 fully saturated rings. The molecule has 7 atom stereocenters. The van der Waals surface area contributed by atoms with Gasteiger partial charge in [-0.15, -0.1) is 0 Å². The van der Waals surface area contributed by atoms with Gasteiger partial charge >= 0.3 is 5.97 Å². The maximum atomic E-state index is 14.4. The number of carboxylic acid groups (broad SMARTS) is 1. The SMILES string of the molecule is [2H]C1([2H])[C@H]2[C@H]3C(=O)C=C4[C@@]5(C)C=C(C#N)C(=O)C(C)(C)[C@@H]5CC[C@@]4(C)[C@]3(C)CC[C@@]2(C(=O)O)CCC1(C)C. The van der Waals surface area contributed by atoms with E-state index in [0.717, 1.165) is 18.4 Å². The molecule has 0 heterocycles. The number of carbonyl (C=O) groups excluding carboxylic acids is 2. The molecule has 0 radical (unpaired) electrons. The number of Topliss-reactive ketones (excluding diaryl/α,β-unsaturated/α-hetero) is 1. The quantitative estimate of drug-likeness (QED) is 0.463. The Morgan fingerprint density at radius 2 is 1.69 bits per heavy atom. The number of allylic oxidation sites excluding steroid dienone is 4. The fourth-order valence-electron chi connectivity index (χ4n) is 9.49. The molecule has 0 aliphatic heterocycles. The lowest BCUT2D eigenvalue weighted by Gasteiger charge is -2.68. The van der Waals surface area contributed by atoms with Gasteiger partial charge in [0.25, 0.3) is 0 Å². The van der Waals surface area contributed by atoms with Crippen LogP contribution in [0.1, 0.15) is 96.1 Å². The third-order valence-corrected chi connectivity index (χ3v) is 11.8. The highest BCUT2D eigenvalue weighted by atomic mass is 16.4. The molecule has 0 spiro atoms. The van der Waals surface area contributed by atoms with Crippen molar-refractivity contribution in [2.45, 2.75) is 93.4 Å². The Balaban J connectivity index is 1.76. The second kappa shape index (κ2) is 7.21. The molecule has 194 valence electrons. The van der Waals surface area contributed by atoms with Gasteiger partial charge in [-0.1, -0.05) is 60.1 Å². The third-order valence-electron chi connectivity index (χ3n) is 11.8. The fraction of sp³-hybridized carbons (Fsp3) is 0.742. The molecular weight excluding hydrogens is 450 g/mol. The van der Waals surface area contributed by atoms with Crippen molar-refractivity contribution in [3.05, 3.63) is 23.3 Å². The topological polar surface area (TPSA) is 95.2 Å². The number of aliphatic carboxylic acids is 1. The summed E-state index contributed by atoms with van der Waals surface area (Å²) >= 11 is 0. The van der Waals surface area contributed by atoms with Crippen LogP contribution in [0.5, 0.6) is 0 Å². The Bertz CT molecular complexity index is 1270. The molecule has 5 rings (SSSR count). The lowest BCUT2D eigenvalue weighted by Crippen LogP contribution is -2.65. The average molecular weight is 494 g/mol. The van der Waals surface area contributed by atoms with Crippen molar-refractivity contribution in [1.29, 1.82) is 5.26 Å². The van der Waals surface area contributed by atoms with Crippen molar-refractivity contribution >= 4 is 17.5 Å². The van der Waals surface area contributed by atoms with E-state index < -0.39 is 56.7 Å². The summed E-state index contributed by atoms with van der Waals surface area (Å²) in [7, 11) is 0. The molecule has 0 amide bonds. The monoisotopic (exact) mass is 493 g/mol. The first kappa shape index (κ1) is 22.9. The van der Waals surface area contributed by atoms with E-state index in [1.165, 1.54) is 0 Å². The maximum absolute atomic E-state index is 14.4. The molecule has 36 heavy (non-hydrogen) atoms. The van der Waals surface area contributed by atoms with Crippen LogP contribution in [-0.4, -0.2) is 22.6 Å². The van der Waals surface area contributed by atoms with Crippen LogP contribution < -0.4 is 0 Å². The Labute approximate surface area is 218 Å². The molecule has 5 aliphatic carbocycles. The molecule has 0 bridgehead atoms. The molecule has 3 saturated carbocycles. The normalized spacial score (nSPS) is 48.9. The second-order valence-corrected chi connectivity index (χ2v) is 14.2. The third kappa shape index (κ3) is 2.85. The minimum absolute atomic E-state index is 0.0753. The van der Waals surface area contributed by atoms with Gasteiger partial charge in [0.1, 0.15) is 6.07 Å². The molecule has 0 aromatic carbocycles. The van der Waals surface area contributed by atoms with Crippen molar-refractivity contribution in [2.75, 3.05) is 0 Å². The predicted octanol–water partition coefficient (Wildman–Crippen LogP) is 6.29. The standard InChI is InChI=1S/C31H41NO4/c1-26(2)10-12-31(25(35)36)13-11-30(7)23(19(31)16-26)20(33)14-22-28(5)15-18(17-32)24(34)27(3,4)21(28)8-9-29(22,30)6/h14-15,19,21,23H,8-13,16H2,1-7H3,(H,35,36)/t19-,21-,23-,28-,29+,30+,31-/m0/s1/i16D2. The number of ketones is 2. The molecule has 5 heteroatoms. The summed E-state index contributed by atoms with van der Waals surface area (Å²) in [6, 6.07) is 2.11. The number of nitriles is 1. The van der Waals surface area contributed by atoms with Crippen molar-refractivity contribution in [3.8, 4) is 6.07 Å². The van der Waals surface area contributed by atoms with Gasteiger partial charge in [0.2, 0.25) is 0 Å². The van der Waals surface area contributed by atoms with E-state index in [-0.39, 0.29) is 23.1 Å². The van der Waals surface area contributed by atoms with Gasteiger partial charge in [0, 0.05) is 19.5 Å². The molecule has 0 aromatic heterocycles. The molecule has 5 nitrogen and oxygen atoms in total. The van der Waals surface area contributed by atoms with Crippen molar-refractivity contribution in [1.82, 2.24) is 0 Å². The minimum Gasteiger partial charge on any atom is -0.481 e. The summed E-state index contributed by atoms with van der Waals surface area (Å²) in [6.45, 7) is 13.8. The lowest BCUT2D eigenvalue weighted by atomic mass is 9.34. The van der Waals surface area contributed by atoms with Gasteiger partial charge in [-0.25, -0.2) is 0 Å². The maximum Gasteiger partial charge on any atom is 0.309 e. The van der Waals surface area contributed by atoms with Gasteiger partial charge < -0.3 is 5.11 Å². The van der Waals surface area contributed by atoms with Crippen molar-refractivity contribution < 1.29 is 22.2 Å². The van der Waals surface area contributed by atoms with Gasteiger partial charge in [-0.3, -0.25) is 14.4 Å². The lowest BCUT2D eigenvalue weighted by molar-refractivity contribution is -0.188. The van der Waals surface area contributed by atoms with E-state index in [0.29, 0.717) is 25.7 Å². The van der Waals surface area contributed by atoms with Gasteiger partial charge in [0.05, 0.1) is 11.0 Å². The van der Waals surface area contributed by atoms with Crippen LogP contribution in [0.25, 0.3) is 0 Å². The molecule has 0 unspecified atom stereocenters. The van der Waals surface area contributed by atoms with Crippen LogP contribution in [0.2, 0.25) is 0 Å². The van der Waals surface area contributed by atoms with Gasteiger partial charge in [-0.2, -0.15) is 5.26 Å². The summed E-state index contributed by atoms with van der Waals surface area (Å²) in [4.78, 5) is 40.4. The number of carboxylic acids is 1. The van der Waals surface area contributed by atoms with E-state index in [4.69, 9.17) is 0 Å². The summed E-state index contributed by atoms with van der Waals surface area (Å²) in [5.41, 5.74) is -3.56. The van der Waals surface area contributed by atoms with Crippen molar-refractivity contribution in [3.63, 3.8) is 0 Å². The number of rotatable bonds is 1. The highest BCUT2D eigenvalue weighted by molar-refractivity contribution is 6.04. The predicted molar refractivity (Wildman–Crippen MR) is 137 cm³/mol. The number of nitrogens with zero attached hydrogens (tertiary/aromatic N) is 1. The minimum atomic E-state index is -1.85. The molecule has 1 N–H and O–H groups in total. The van der Waals surface area contributed by atoms with Crippen LogP contribution >= 0.6 is 0 Å². The Hall–Kier alpha value is -2.22. The number of carbonyl (C=O) groups is 3. The van der Waals surface area contributed by atoms with Gasteiger partial charge in [0.15, 0.2) is 11.6 Å². The van der Waals surface area contributed by atoms with E-state index in [9.17, 15) is 27.5 Å². The second-order valence-electron chi connectivity index (χ2n) is 14.2. The first-order valence-corrected chi connectivity index (χ1v) is 13.5. The molecule has 0 saturated heterocycles. The Morgan fingerprint density at radius 1 is 1.06 bits per heavy atom. The highest BCUT2D eigenvalue weighted by Crippen LogP contribution is 2.74. The summed E-state index contributed by atoms with van der Waals surface area (Å²) in [5.74, 6) is -3.10. The van der Waals surface area contributed by atoms with E-state index in [1.807, 2.05) is 27.7 Å². The summed E-state index contributed by atoms with van der Waals surface area (Å²) in [6.07, 6.45) is 4.79.